The molecule has 0 bridgehead atoms. The van der Waals surface area contributed by atoms with Crippen LogP contribution in [0.5, 0.6) is 0 Å². The van der Waals surface area contributed by atoms with Crippen LogP contribution in [0.1, 0.15) is 16.8 Å². The Morgan fingerprint density at radius 3 is 2.14 bits per heavy atom. The topological polar surface area (TPSA) is 161 Å². The number of hydrogen-bond acceptors (Lipinski definition) is 11. The van der Waals surface area contributed by atoms with Crippen molar-refractivity contribution in [1.29, 1.82) is 0 Å². The number of amides is 1. The van der Waals surface area contributed by atoms with E-state index in [9.17, 15) is 9.18 Å². The van der Waals surface area contributed by atoms with Crippen molar-refractivity contribution in [3.8, 4) is 0 Å². The number of rotatable bonds is 18. The molecular weight excluding hydrogens is 553 g/mol. The minimum Gasteiger partial charge on any atom is -0.378 e. The number of benzene rings is 2. The van der Waals surface area contributed by atoms with Crippen molar-refractivity contribution in [2.75, 3.05) is 55.5 Å². The maximum Gasteiger partial charge on any atom is 0.233 e. The van der Waals surface area contributed by atoms with E-state index >= 15 is 0 Å². The van der Waals surface area contributed by atoms with Gasteiger partial charge in [-0.3, -0.25) is 9.78 Å². The maximum atomic E-state index is 13.3. The Hall–Kier alpha value is -4.72. The second-order valence-corrected chi connectivity index (χ2v) is 9.32. The van der Waals surface area contributed by atoms with Gasteiger partial charge in [-0.15, -0.1) is 0 Å². The van der Waals surface area contributed by atoms with E-state index in [1.165, 1.54) is 12.1 Å². The van der Waals surface area contributed by atoms with E-state index in [1.807, 2.05) is 42.5 Å². The average molecular weight is 590 g/mol. The molecule has 13 heteroatoms. The van der Waals surface area contributed by atoms with E-state index in [4.69, 9.17) is 15.2 Å². The zero-order valence-corrected chi connectivity index (χ0v) is 23.8. The highest BCUT2D eigenvalue weighted by atomic mass is 19.1. The number of ether oxygens (including phenoxy) is 2. The van der Waals surface area contributed by atoms with Gasteiger partial charge in [-0.05, 0) is 47.5 Å². The smallest absolute Gasteiger partial charge is 0.233 e. The molecule has 4 aromatic rings. The Morgan fingerprint density at radius 2 is 1.44 bits per heavy atom. The minimum absolute atomic E-state index is 0.0957. The highest BCUT2D eigenvalue weighted by Crippen LogP contribution is 2.18. The van der Waals surface area contributed by atoms with Crippen LogP contribution < -0.4 is 27.0 Å². The summed E-state index contributed by atoms with van der Waals surface area (Å²) in [6.07, 6.45) is 1.96. The molecule has 43 heavy (non-hydrogen) atoms. The first-order chi connectivity index (χ1) is 21.1. The van der Waals surface area contributed by atoms with Crippen LogP contribution >= 0.6 is 0 Å². The molecule has 0 spiro atoms. The Morgan fingerprint density at radius 1 is 0.767 bits per heavy atom. The number of halogens is 1. The molecule has 4 rings (SSSR count). The predicted molar refractivity (Wildman–Crippen MR) is 162 cm³/mol. The summed E-state index contributed by atoms with van der Waals surface area (Å²) >= 11 is 0. The average Bonchev–Trinajstić information content (AvgIpc) is 3.02. The van der Waals surface area contributed by atoms with Gasteiger partial charge in [-0.25, -0.2) is 4.39 Å². The molecule has 226 valence electrons. The van der Waals surface area contributed by atoms with Gasteiger partial charge in [0.1, 0.15) is 5.82 Å². The van der Waals surface area contributed by atoms with Crippen LogP contribution in [0.4, 0.5) is 27.9 Å². The van der Waals surface area contributed by atoms with E-state index in [-0.39, 0.29) is 18.1 Å². The summed E-state index contributed by atoms with van der Waals surface area (Å²) in [7, 11) is 0. The maximum absolute atomic E-state index is 13.3. The lowest BCUT2D eigenvalue weighted by molar-refractivity contribution is -0.120. The molecule has 0 fully saturated rings. The normalized spacial score (nSPS) is 10.7. The van der Waals surface area contributed by atoms with Crippen molar-refractivity contribution in [1.82, 2.24) is 25.3 Å². The van der Waals surface area contributed by atoms with Crippen molar-refractivity contribution in [2.24, 2.45) is 5.73 Å². The number of nitrogens with zero attached hydrogens (tertiary/aromatic N) is 4. The number of carbonyl (C=O) groups is 1. The molecule has 0 unspecified atom stereocenters. The van der Waals surface area contributed by atoms with E-state index in [0.29, 0.717) is 70.5 Å². The lowest BCUT2D eigenvalue weighted by atomic mass is 10.1. The van der Waals surface area contributed by atoms with Crippen molar-refractivity contribution < 1.29 is 18.7 Å². The molecule has 2 aromatic carbocycles. The molecule has 0 saturated heterocycles. The van der Waals surface area contributed by atoms with Crippen molar-refractivity contribution in [2.45, 2.75) is 19.5 Å². The van der Waals surface area contributed by atoms with Gasteiger partial charge in [0.25, 0.3) is 0 Å². The fraction of sp³-hybridized carbons (Fsp3) is 0.300. The Labute approximate surface area is 249 Å². The fourth-order valence-electron chi connectivity index (χ4n) is 3.80. The van der Waals surface area contributed by atoms with Crippen molar-refractivity contribution >= 4 is 29.4 Å². The molecular formula is C30H36FN9O3. The molecule has 2 aromatic heterocycles. The van der Waals surface area contributed by atoms with Crippen LogP contribution in [0.3, 0.4) is 0 Å². The van der Waals surface area contributed by atoms with Crippen molar-refractivity contribution in [3.63, 3.8) is 0 Å². The molecule has 0 aliphatic heterocycles. The van der Waals surface area contributed by atoms with E-state index in [0.717, 1.165) is 22.5 Å². The zero-order chi connectivity index (χ0) is 30.1. The Bertz CT molecular complexity index is 1390. The Kier molecular flexibility index (Phi) is 12.6. The lowest BCUT2D eigenvalue weighted by Gasteiger charge is -2.12. The zero-order valence-electron chi connectivity index (χ0n) is 23.8. The quantitative estimate of drug-likeness (QED) is 0.109. The number of aromatic nitrogens is 4. The van der Waals surface area contributed by atoms with Crippen LogP contribution in [0, 0.1) is 5.82 Å². The number of pyridine rings is 1. The monoisotopic (exact) mass is 589 g/mol. The van der Waals surface area contributed by atoms with E-state index in [2.05, 4.69) is 41.2 Å². The number of carbonyl (C=O) groups excluding carboxylic acids is 1. The highest BCUT2D eigenvalue weighted by molar-refractivity contribution is 5.78. The van der Waals surface area contributed by atoms with Crippen molar-refractivity contribution in [3.05, 3.63) is 95.6 Å². The molecule has 0 aliphatic rings. The number of hydrogen-bond donors (Lipinski definition) is 5. The van der Waals surface area contributed by atoms with Gasteiger partial charge in [0.15, 0.2) is 0 Å². The largest absolute Gasteiger partial charge is 0.378 e. The second kappa shape index (κ2) is 17.3. The summed E-state index contributed by atoms with van der Waals surface area (Å²) in [5.74, 6) is 0.616. The van der Waals surface area contributed by atoms with Crippen LogP contribution in [0.2, 0.25) is 0 Å². The van der Waals surface area contributed by atoms with Gasteiger partial charge in [-0.2, -0.15) is 15.0 Å². The van der Waals surface area contributed by atoms with Gasteiger partial charge >= 0.3 is 0 Å². The SMILES string of the molecule is NCCOCCOCCNC(=O)Cc1ccc(Nc2nc(NCc3ccc(F)cc3)nc(NCc3ccccn3)n2)cc1. The highest BCUT2D eigenvalue weighted by Gasteiger charge is 2.09. The molecule has 1 amide bonds. The van der Waals surface area contributed by atoms with Crippen LogP contribution in [-0.4, -0.2) is 65.4 Å². The van der Waals surface area contributed by atoms with E-state index in [1.54, 1.807) is 18.3 Å². The minimum atomic E-state index is -0.297. The Balaban J connectivity index is 1.32. The fourth-order valence-corrected chi connectivity index (χ4v) is 3.80. The van der Waals surface area contributed by atoms with Crippen LogP contribution in [0.25, 0.3) is 0 Å². The lowest BCUT2D eigenvalue weighted by Crippen LogP contribution is -2.29. The van der Waals surface area contributed by atoms with Gasteiger partial charge in [0.2, 0.25) is 23.8 Å². The summed E-state index contributed by atoms with van der Waals surface area (Å²) in [4.78, 5) is 30.1. The molecule has 0 aliphatic carbocycles. The van der Waals surface area contributed by atoms with E-state index < -0.39 is 0 Å². The summed E-state index contributed by atoms with van der Waals surface area (Å²) in [5.41, 5.74) is 8.66. The van der Waals surface area contributed by atoms with Gasteiger partial charge in [0.05, 0.1) is 45.1 Å². The second-order valence-electron chi connectivity index (χ2n) is 9.32. The first-order valence-electron chi connectivity index (χ1n) is 13.9. The number of nitrogens with two attached hydrogens (primary N) is 1. The summed E-state index contributed by atoms with van der Waals surface area (Å²) in [6.45, 7) is 3.57. The van der Waals surface area contributed by atoms with Gasteiger partial charge in [0, 0.05) is 31.5 Å². The van der Waals surface area contributed by atoms with Gasteiger partial charge < -0.3 is 36.5 Å². The third-order valence-corrected chi connectivity index (χ3v) is 5.93. The van der Waals surface area contributed by atoms with Gasteiger partial charge in [-0.1, -0.05) is 30.3 Å². The molecule has 0 saturated carbocycles. The summed E-state index contributed by atoms with van der Waals surface area (Å²) < 4.78 is 23.9. The summed E-state index contributed by atoms with van der Waals surface area (Å²) in [6, 6.07) is 19.3. The molecule has 6 N–H and O–H groups in total. The molecule has 0 atom stereocenters. The standard InChI is InChI=1S/C30H36FN9O3/c31-24-8-4-23(5-9-24)20-35-28-38-29(36-21-26-3-1-2-13-33-26)40-30(39-28)37-25-10-6-22(7-11-25)19-27(41)34-14-16-43-18-17-42-15-12-32/h1-11,13H,12,14-21,32H2,(H,34,41)(H3,35,36,37,38,39,40). The number of anilines is 4. The first-order valence-corrected chi connectivity index (χ1v) is 13.9. The molecule has 2 heterocycles. The predicted octanol–water partition coefficient (Wildman–Crippen LogP) is 3.02. The first kappa shape index (κ1) is 31.2. The third kappa shape index (κ3) is 11.6. The molecule has 0 radical (unpaired) electrons. The van der Waals surface area contributed by atoms with Crippen LogP contribution in [-0.2, 0) is 33.8 Å². The summed E-state index contributed by atoms with van der Waals surface area (Å²) in [5, 5.41) is 12.4. The molecule has 12 nitrogen and oxygen atoms in total. The van der Waals surface area contributed by atoms with Crippen LogP contribution in [0.15, 0.2) is 72.9 Å². The third-order valence-electron chi connectivity index (χ3n) is 5.93. The number of nitrogens with one attached hydrogen (secondary N) is 4.